The van der Waals surface area contributed by atoms with Gasteiger partial charge in [-0.05, 0) is 50.2 Å². The Balaban J connectivity index is 1.72. The molecule has 0 saturated heterocycles. The molecule has 0 bridgehead atoms. The van der Waals surface area contributed by atoms with Crippen molar-refractivity contribution in [2.75, 3.05) is 13.7 Å². The molecule has 6 heteroatoms. The summed E-state index contributed by atoms with van der Waals surface area (Å²) in [5.74, 6) is 2.58. The summed E-state index contributed by atoms with van der Waals surface area (Å²) < 4.78 is 17.1. The molecule has 0 aliphatic heterocycles. The van der Waals surface area contributed by atoms with Gasteiger partial charge in [-0.15, -0.1) is 0 Å². The molecule has 3 rings (SSSR count). The third kappa shape index (κ3) is 4.91. The Labute approximate surface area is 164 Å². The lowest BCUT2D eigenvalue weighted by molar-refractivity contribution is 0.0774. The van der Waals surface area contributed by atoms with E-state index in [2.05, 4.69) is 4.98 Å². The number of hydrogen-bond acceptors (Lipinski definition) is 5. The van der Waals surface area contributed by atoms with Crippen molar-refractivity contribution in [3.8, 4) is 11.5 Å². The van der Waals surface area contributed by atoms with Gasteiger partial charge < -0.3 is 18.8 Å². The third-order valence-electron chi connectivity index (χ3n) is 4.14. The number of pyridine rings is 1. The molecule has 3 aromatic rings. The Morgan fingerprint density at radius 1 is 1.14 bits per heavy atom. The third-order valence-corrected chi connectivity index (χ3v) is 4.14. The van der Waals surface area contributed by atoms with E-state index in [0.29, 0.717) is 36.8 Å². The summed E-state index contributed by atoms with van der Waals surface area (Å²) in [4.78, 5) is 18.5. The summed E-state index contributed by atoms with van der Waals surface area (Å²) in [6, 6.07) is 12.8. The quantitative estimate of drug-likeness (QED) is 0.585. The first-order valence-corrected chi connectivity index (χ1v) is 9.16. The van der Waals surface area contributed by atoms with Crippen LogP contribution >= 0.6 is 0 Å². The van der Waals surface area contributed by atoms with E-state index in [1.807, 2.05) is 38.1 Å². The zero-order valence-electron chi connectivity index (χ0n) is 16.3. The number of rotatable bonds is 8. The van der Waals surface area contributed by atoms with Crippen LogP contribution in [0.3, 0.4) is 0 Å². The van der Waals surface area contributed by atoms with Crippen molar-refractivity contribution in [3.63, 3.8) is 0 Å². The minimum atomic E-state index is -0.117. The fraction of sp³-hybridized carbons (Fsp3) is 0.273. The predicted octanol–water partition coefficient (Wildman–Crippen LogP) is 4.23. The van der Waals surface area contributed by atoms with Gasteiger partial charge in [-0.1, -0.05) is 6.07 Å². The molecule has 146 valence electrons. The van der Waals surface area contributed by atoms with Gasteiger partial charge in [0.15, 0.2) is 11.5 Å². The number of nitrogens with zero attached hydrogens (tertiary/aromatic N) is 2. The van der Waals surface area contributed by atoms with E-state index in [-0.39, 0.29) is 5.91 Å². The minimum Gasteiger partial charge on any atom is -0.490 e. The largest absolute Gasteiger partial charge is 0.490 e. The Kier molecular flexibility index (Phi) is 6.32. The summed E-state index contributed by atoms with van der Waals surface area (Å²) in [6.45, 7) is 5.02. The van der Waals surface area contributed by atoms with Gasteiger partial charge in [-0.2, -0.15) is 0 Å². The molecule has 0 unspecified atom stereocenters. The number of furan rings is 1. The monoisotopic (exact) mass is 380 g/mol. The van der Waals surface area contributed by atoms with Crippen molar-refractivity contribution in [1.29, 1.82) is 0 Å². The molecule has 1 amide bonds. The smallest absolute Gasteiger partial charge is 0.254 e. The summed E-state index contributed by atoms with van der Waals surface area (Å²) in [7, 11) is 1.74. The molecule has 6 nitrogen and oxygen atoms in total. The molecule has 0 N–H and O–H groups in total. The number of ether oxygens (including phenoxy) is 2. The second-order valence-electron chi connectivity index (χ2n) is 6.42. The molecule has 0 aliphatic carbocycles. The topological polar surface area (TPSA) is 64.8 Å². The Morgan fingerprint density at radius 3 is 2.68 bits per heavy atom. The van der Waals surface area contributed by atoms with Gasteiger partial charge in [-0.25, -0.2) is 0 Å². The van der Waals surface area contributed by atoms with Gasteiger partial charge in [0.2, 0.25) is 0 Å². The minimum absolute atomic E-state index is 0.117. The molecule has 0 saturated carbocycles. The molecule has 0 aliphatic rings. The maximum absolute atomic E-state index is 12.8. The number of aromatic nitrogens is 1. The van der Waals surface area contributed by atoms with Gasteiger partial charge in [0.1, 0.15) is 18.1 Å². The SMILES string of the molecule is CCOc1cc(C(=O)N(C)Cc2ccc(C)o2)ccc1OCc1cccnc1. The van der Waals surface area contributed by atoms with Gasteiger partial charge in [0, 0.05) is 30.6 Å². The average Bonchev–Trinajstić information content (AvgIpc) is 3.12. The average molecular weight is 380 g/mol. The number of carbonyl (C=O) groups is 1. The number of hydrogen-bond donors (Lipinski definition) is 0. The van der Waals surface area contributed by atoms with E-state index < -0.39 is 0 Å². The lowest BCUT2D eigenvalue weighted by atomic mass is 10.1. The van der Waals surface area contributed by atoms with Crippen LogP contribution in [0.4, 0.5) is 0 Å². The molecular formula is C22H24N2O4. The van der Waals surface area contributed by atoms with Crippen LogP contribution in [0.25, 0.3) is 0 Å². The van der Waals surface area contributed by atoms with Crippen LogP contribution in [0.1, 0.15) is 34.4 Å². The van der Waals surface area contributed by atoms with Gasteiger partial charge >= 0.3 is 0 Å². The number of carbonyl (C=O) groups excluding carboxylic acids is 1. The van der Waals surface area contributed by atoms with Crippen molar-refractivity contribution in [2.45, 2.75) is 27.0 Å². The fourth-order valence-electron chi connectivity index (χ4n) is 2.77. The number of amides is 1. The van der Waals surface area contributed by atoms with Crippen LogP contribution in [0, 0.1) is 6.92 Å². The zero-order chi connectivity index (χ0) is 19.9. The highest BCUT2D eigenvalue weighted by Crippen LogP contribution is 2.30. The summed E-state index contributed by atoms with van der Waals surface area (Å²) in [5.41, 5.74) is 1.49. The molecule has 2 aromatic heterocycles. The highest BCUT2D eigenvalue weighted by molar-refractivity contribution is 5.94. The highest BCUT2D eigenvalue weighted by atomic mass is 16.5. The van der Waals surface area contributed by atoms with Crippen LogP contribution in [-0.4, -0.2) is 29.4 Å². The van der Waals surface area contributed by atoms with Crippen LogP contribution in [-0.2, 0) is 13.2 Å². The van der Waals surface area contributed by atoms with Gasteiger partial charge in [-0.3, -0.25) is 9.78 Å². The first-order chi connectivity index (χ1) is 13.6. The lowest BCUT2D eigenvalue weighted by Gasteiger charge is -2.18. The Morgan fingerprint density at radius 2 is 2.00 bits per heavy atom. The van der Waals surface area contributed by atoms with Gasteiger partial charge in [0.25, 0.3) is 5.91 Å². The zero-order valence-corrected chi connectivity index (χ0v) is 16.3. The summed E-state index contributed by atoms with van der Waals surface area (Å²) >= 11 is 0. The fourth-order valence-corrected chi connectivity index (χ4v) is 2.77. The molecule has 1 aromatic carbocycles. The molecule has 0 fully saturated rings. The number of aryl methyl sites for hydroxylation is 1. The van der Waals surface area contributed by atoms with Crippen LogP contribution in [0.15, 0.2) is 59.3 Å². The predicted molar refractivity (Wildman–Crippen MR) is 105 cm³/mol. The molecule has 28 heavy (non-hydrogen) atoms. The van der Waals surface area contributed by atoms with Crippen molar-refractivity contribution in [2.24, 2.45) is 0 Å². The Hall–Kier alpha value is -3.28. The first-order valence-electron chi connectivity index (χ1n) is 9.16. The van der Waals surface area contributed by atoms with Crippen molar-refractivity contribution in [1.82, 2.24) is 9.88 Å². The van der Waals surface area contributed by atoms with Crippen molar-refractivity contribution in [3.05, 3.63) is 77.5 Å². The summed E-state index contributed by atoms with van der Waals surface area (Å²) in [5, 5.41) is 0. The van der Waals surface area contributed by atoms with Gasteiger partial charge in [0.05, 0.1) is 13.2 Å². The van der Waals surface area contributed by atoms with E-state index in [0.717, 1.165) is 17.1 Å². The maximum atomic E-state index is 12.8. The first kappa shape index (κ1) is 19.5. The van der Waals surface area contributed by atoms with Crippen LogP contribution in [0.2, 0.25) is 0 Å². The van der Waals surface area contributed by atoms with E-state index in [9.17, 15) is 4.79 Å². The van der Waals surface area contributed by atoms with E-state index in [1.165, 1.54) is 0 Å². The normalized spacial score (nSPS) is 10.5. The highest BCUT2D eigenvalue weighted by Gasteiger charge is 2.16. The maximum Gasteiger partial charge on any atom is 0.254 e. The van der Waals surface area contributed by atoms with Crippen LogP contribution < -0.4 is 9.47 Å². The second kappa shape index (κ2) is 9.08. The molecular weight excluding hydrogens is 356 g/mol. The lowest BCUT2D eigenvalue weighted by Crippen LogP contribution is -2.26. The van der Waals surface area contributed by atoms with E-state index in [4.69, 9.17) is 13.9 Å². The van der Waals surface area contributed by atoms with Crippen LogP contribution in [0.5, 0.6) is 11.5 Å². The molecule has 0 spiro atoms. The number of benzene rings is 1. The van der Waals surface area contributed by atoms with E-state index >= 15 is 0 Å². The summed E-state index contributed by atoms with van der Waals surface area (Å²) in [6.07, 6.45) is 3.47. The standard InChI is InChI=1S/C22H24N2O4/c1-4-26-21-12-18(22(25)24(3)14-19-9-7-16(2)28-19)8-10-20(21)27-15-17-6-5-11-23-13-17/h5-13H,4,14-15H2,1-3H3. The van der Waals surface area contributed by atoms with E-state index in [1.54, 1.807) is 42.5 Å². The second-order valence-corrected chi connectivity index (χ2v) is 6.42. The van der Waals surface area contributed by atoms with Crippen molar-refractivity contribution >= 4 is 5.91 Å². The molecule has 2 heterocycles. The molecule has 0 radical (unpaired) electrons. The Bertz CT molecular complexity index is 921. The van der Waals surface area contributed by atoms with Crippen molar-refractivity contribution < 1.29 is 18.7 Å². The molecule has 0 atom stereocenters.